The number of rotatable bonds is 7. The lowest BCUT2D eigenvalue weighted by Crippen LogP contribution is -2.59. The van der Waals surface area contributed by atoms with E-state index in [1.165, 1.54) is 0 Å². The lowest BCUT2D eigenvalue weighted by molar-refractivity contribution is -0.148. The van der Waals surface area contributed by atoms with Crippen LogP contribution in [-0.2, 0) is 19.1 Å². The molecule has 0 aliphatic carbocycles. The second kappa shape index (κ2) is 10.7. The zero-order chi connectivity index (χ0) is 28.9. The normalized spacial score (nSPS) is 30.7. The van der Waals surface area contributed by atoms with Gasteiger partial charge in [0, 0.05) is 25.3 Å². The van der Waals surface area contributed by atoms with Gasteiger partial charge in [-0.05, 0) is 35.2 Å². The Balaban J connectivity index is 1.48. The van der Waals surface area contributed by atoms with E-state index in [9.17, 15) is 19.5 Å². The van der Waals surface area contributed by atoms with E-state index in [0.29, 0.717) is 19.6 Å². The van der Waals surface area contributed by atoms with Crippen molar-refractivity contribution in [2.45, 2.75) is 57.4 Å². The summed E-state index contributed by atoms with van der Waals surface area (Å²) in [6.45, 7) is 7.11. The Bertz CT molecular complexity index is 1420. The van der Waals surface area contributed by atoms with Crippen LogP contribution in [0.3, 0.4) is 0 Å². The molecule has 0 saturated carbocycles. The van der Waals surface area contributed by atoms with Crippen molar-refractivity contribution in [3.63, 3.8) is 0 Å². The van der Waals surface area contributed by atoms with Gasteiger partial charge in [0.1, 0.15) is 11.6 Å². The highest BCUT2D eigenvalue weighted by Gasteiger charge is 2.72. The molecule has 0 aromatic heterocycles. The molecule has 2 aromatic rings. The van der Waals surface area contributed by atoms with Gasteiger partial charge < -0.3 is 24.5 Å². The van der Waals surface area contributed by atoms with Gasteiger partial charge in [-0.1, -0.05) is 81.8 Å². The number of amides is 3. The SMILES string of the molecule is CCCN1CC=C[C@@H]2O[C@]34C=CCN(c5ccc6ccccc6c5)C(=O)C3N([C@@H](CO)[C@@H](C)CC)C(=O)[C@@H]4[C@@H]2C1=O. The van der Waals surface area contributed by atoms with E-state index in [0.717, 1.165) is 29.3 Å². The Kier molecular flexibility index (Phi) is 7.24. The third-order valence-electron chi connectivity index (χ3n) is 9.56. The Morgan fingerprint density at radius 1 is 1.00 bits per heavy atom. The summed E-state index contributed by atoms with van der Waals surface area (Å²) in [6.07, 6.45) is 8.51. The monoisotopic (exact) mass is 557 g/mol. The standard InChI is InChI=1S/C33H39N3O5/c1-4-16-34-17-8-12-26-27(30(34)38)28-31(39)36(25(20-37)21(3)5-2)29-32(40)35(18-9-15-33(28,29)41-26)24-14-13-22-10-6-7-11-23(22)19-24/h6-15,19,21,25-29,37H,4-5,16-18,20H2,1-3H3/t21-,25-,26-,27+,28-,29?,33-/m0/s1. The van der Waals surface area contributed by atoms with Crippen LogP contribution >= 0.6 is 0 Å². The van der Waals surface area contributed by atoms with Crippen LogP contribution in [0.1, 0.15) is 33.6 Å². The molecule has 0 bridgehead atoms. The summed E-state index contributed by atoms with van der Waals surface area (Å²) in [4.78, 5) is 48.3. The summed E-state index contributed by atoms with van der Waals surface area (Å²) in [7, 11) is 0. The van der Waals surface area contributed by atoms with E-state index >= 15 is 0 Å². The number of carbonyl (C=O) groups excluding carboxylic acids is 3. The number of nitrogens with zero attached hydrogens (tertiary/aromatic N) is 3. The topological polar surface area (TPSA) is 90.4 Å². The van der Waals surface area contributed by atoms with Gasteiger partial charge >= 0.3 is 0 Å². The number of hydrogen-bond donors (Lipinski definition) is 1. The highest BCUT2D eigenvalue weighted by molar-refractivity contribution is 6.06. The van der Waals surface area contributed by atoms with Gasteiger partial charge in [-0.15, -0.1) is 0 Å². The van der Waals surface area contributed by atoms with Crippen molar-refractivity contribution in [2.24, 2.45) is 17.8 Å². The summed E-state index contributed by atoms with van der Waals surface area (Å²) in [5.41, 5.74) is -0.585. The third-order valence-corrected chi connectivity index (χ3v) is 9.56. The predicted molar refractivity (Wildman–Crippen MR) is 157 cm³/mol. The molecule has 2 saturated heterocycles. The van der Waals surface area contributed by atoms with Crippen molar-refractivity contribution >= 4 is 34.2 Å². The molecule has 4 heterocycles. The molecule has 8 heteroatoms. The van der Waals surface area contributed by atoms with Crippen molar-refractivity contribution in [1.82, 2.24) is 9.80 Å². The molecule has 4 aliphatic rings. The fourth-order valence-corrected chi connectivity index (χ4v) is 7.35. The van der Waals surface area contributed by atoms with Gasteiger partial charge in [-0.25, -0.2) is 0 Å². The molecule has 216 valence electrons. The number of aliphatic hydroxyl groups is 1. The number of anilines is 1. The lowest BCUT2D eigenvalue weighted by atomic mass is 9.77. The van der Waals surface area contributed by atoms with Crippen LogP contribution in [0, 0.1) is 17.8 Å². The highest BCUT2D eigenvalue weighted by atomic mass is 16.5. The van der Waals surface area contributed by atoms with Gasteiger partial charge in [0.05, 0.1) is 30.6 Å². The minimum atomic E-state index is -1.31. The molecule has 2 aromatic carbocycles. The average molecular weight is 558 g/mol. The zero-order valence-corrected chi connectivity index (χ0v) is 24.0. The third kappa shape index (κ3) is 4.22. The fraction of sp³-hybridized carbons (Fsp3) is 0.485. The Labute approximate surface area is 241 Å². The van der Waals surface area contributed by atoms with Gasteiger partial charge in [-0.2, -0.15) is 0 Å². The molecule has 0 radical (unpaired) electrons. The largest absolute Gasteiger partial charge is 0.394 e. The Hall–Kier alpha value is -3.49. The van der Waals surface area contributed by atoms with Crippen molar-refractivity contribution in [3.05, 3.63) is 66.8 Å². The van der Waals surface area contributed by atoms with Crippen molar-refractivity contribution in [3.8, 4) is 0 Å². The number of aliphatic hydroxyl groups excluding tert-OH is 1. The number of hydrogen-bond acceptors (Lipinski definition) is 5. The molecule has 3 amide bonds. The molecule has 41 heavy (non-hydrogen) atoms. The molecule has 2 fully saturated rings. The molecule has 1 spiro atoms. The number of fused-ring (bicyclic) bond motifs is 3. The summed E-state index contributed by atoms with van der Waals surface area (Å²) >= 11 is 0. The van der Waals surface area contributed by atoms with Crippen LogP contribution in [-0.4, -0.2) is 82.7 Å². The Morgan fingerprint density at radius 2 is 1.78 bits per heavy atom. The quantitative estimate of drug-likeness (QED) is 0.526. The van der Waals surface area contributed by atoms with E-state index in [1.807, 2.05) is 87.5 Å². The average Bonchev–Trinajstić information content (AvgIpc) is 3.30. The molecule has 8 nitrogen and oxygen atoms in total. The number of carbonyl (C=O) groups is 3. The minimum absolute atomic E-state index is 0.0638. The lowest BCUT2D eigenvalue weighted by Gasteiger charge is -2.40. The van der Waals surface area contributed by atoms with Crippen LogP contribution in [0.25, 0.3) is 10.8 Å². The number of ether oxygens (including phenoxy) is 1. The maximum Gasteiger partial charge on any atom is 0.253 e. The van der Waals surface area contributed by atoms with E-state index in [-0.39, 0.29) is 30.2 Å². The molecule has 1 unspecified atom stereocenters. The predicted octanol–water partition coefficient (Wildman–Crippen LogP) is 3.54. The smallest absolute Gasteiger partial charge is 0.253 e. The zero-order valence-electron chi connectivity index (χ0n) is 24.0. The first-order valence-electron chi connectivity index (χ1n) is 14.9. The summed E-state index contributed by atoms with van der Waals surface area (Å²) < 4.78 is 6.76. The van der Waals surface area contributed by atoms with Gasteiger partial charge in [0.25, 0.3) is 5.91 Å². The van der Waals surface area contributed by atoms with Crippen LogP contribution in [0.5, 0.6) is 0 Å². The number of likely N-dealkylation sites (tertiary alicyclic amines) is 1. The maximum absolute atomic E-state index is 14.7. The first kappa shape index (κ1) is 27.7. The minimum Gasteiger partial charge on any atom is -0.394 e. The summed E-state index contributed by atoms with van der Waals surface area (Å²) in [5, 5.41) is 12.7. The highest BCUT2D eigenvalue weighted by Crippen LogP contribution is 2.54. The van der Waals surface area contributed by atoms with Crippen LogP contribution in [0.4, 0.5) is 5.69 Å². The molecule has 4 aliphatic heterocycles. The van der Waals surface area contributed by atoms with E-state index in [1.54, 1.807) is 14.7 Å². The number of benzene rings is 2. The first-order chi connectivity index (χ1) is 19.9. The van der Waals surface area contributed by atoms with Crippen LogP contribution < -0.4 is 4.90 Å². The van der Waals surface area contributed by atoms with E-state index in [2.05, 4.69) is 0 Å². The molecular formula is C33H39N3O5. The van der Waals surface area contributed by atoms with E-state index in [4.69, 9.17) is 4.74 Å². The Morgan fingerprint density at radius 3 is 2.51 bits per heavy atom. The molecule has 6 rings (SSSR count). The van der Waals surface area contributed by atoms with Gasteiger partial charge in [0.2, 0.25) is 11.8 Å². The van der Waals surface area contributed by atoms with Crippen LogP contribution in [0.15, 0.2) is 66.8 Å². The molecular weight excluding hydrogens is 518 g/mol. The van der Waals surface area contributed by atoms with Crippen LogP contribution in [0.2, 0.25) is 0 Å². The maximum atomic E-state index is 14.7. The fourth-order valence-electron chi connectivity index (χ4n) is 7.35. The van der Waals surface area contributed by atoms with Crippen molar-refractivity contribution in [1.29, 1.82) is 0 Å². The van der Waals surface area contributed by atoms with Gasteiger partial charge in [-0.3, -0.25) is 14.4 Å². The van der Waals surface area contributed by atoms with E-state index < -0.39 is 35.6 Å². The second-order valence-corrected chi connectivity index (χ2v) is 11.8. The van der Waals surface area contributed by atoms with Crippen molar-refractivity contribution < 1.29 is 24.2 Å². The molecule has 1 N–H and O–H groups in total. The summed E-state index contributed by atoms with van der Waals surface area (Å²) in [6, 6.07) is 12.3. The van der Waals surface area contributed by atoms with Crippen molar-refractivity contribution in [2.75, 3.05) is 31.1 Å². The second-order valence-electron chi connectivity index (χ2n) is 11.8. The summed E-state index contributed by atoms with van der Waals surface area (Å²) in [5.74, 6) is -2.32. The first-order valence-corrected chi connectivity index (χ1v) is 14.9. The van der Waals surface area contributed by atoms with Gasteiger partial charge in [0.15, 0.2) is 0 Å². The molecule has 7 atom stereocenters.